The molecule has 1 heterocycles. The van der Waals surface area contributed by atoms with Crippen molar-refractivity contribution in [2.45, 2.75) is 13.8 Å². The fraction of sp³-hybridized carbons (Fsp3) is 0.545. The molecule has 0 aliphatic rings. The molecule has 0 radical (unpaired) electrons. The number of ether oxygens (including phenoxy) is 1. The van der Waals surface area contributed by atoms with Crippen LogP contribution in [0.25, 0.3) is 0 Å². The summed E-state index contributed by atoms with van der Waals surface area (Å²) < 4.78 is 5.95. The zero-order valence-corrected chi connectivity index (χ0v) is 11.9. The van der Waals surface area contributed by atoms with Crippen molar-refractivity contribution in [3.05, 3.63) is 26.9 Å². The molecule has 0 aliphatic heterocycles. The Balaban J connectivity index is 2.49. The van der Waals surface area contributed by atoms with Gasteiger partial charge in [-0.3, -0.25) is 10.1 Å². The van der Waals surface area contributed by atoms with Crippen molar-refractivity contribution in [1.29, 1.82) is 0 Å². The number of nitrogens with zero attached hydrogens (tertiary/aromatic N) is 2. The van der Waals surface area contributed by atoms with Crippen LogP contribution in [-0.4, -0.2) is 29.7 Å². The maximum Gasteiger partial charge on any atom is 0.312 e. The van der Waals surface area contributed by atoms with E-state index in [2.05, 4.69) is 40.1 Å². The van der Waals surface area contributed by atoms with Crippen molar-refractivity contribution in [2.24, 2.45) is 5.92 Å². The Kier molecular flexibility index (Phi) is 6.00. The van der Waals surface area contributed by atoms with Gasteiger partial charge in [0.05, 0.1) is 11.5 Å². The summed E-state index contributed by atoms with van der Waals surface area (Å²) in [4.78, 5) is 14.3. The summed E-state index contributed by atoms with van der Waals surface area (Å²) in [5.41, 5.74) is -0.0479. The molecule has 0 saturated carbocycles. The SMILES string of the molecule is CC(C)COCCNc1ncc(Br)cc1[N+](=O)[O-]. The first-order valence-electron chi connectivity index (χ1n) is 5.62. The first-order chi connectivity index (χ1) is 8.50. The highest BCUT2D eigenvalue weighted by Crippen LogP contribution is 2.24. The highest BCUT2D eigenvalue weighted by atomic mass is 79.9. The number of rotatable bonds is 7. The molecule has 18 heavy (non-hydrogen) atoms. The van der Waals surface area contributed by atoms with Crippen LogP contribution in [0, 0.1) is 16.0 Å². The molecule has 1 N–H and O–H groups in total. The second-order valence-corrected chi connectivity index (χ2v) is 5.09. The van der Waals surface area contributed by atoms with Gasteiger partial charge >= 0.3 is 5.69 Å². The smallest absolute Gasteiger partial charge is 0.312 e. The molecular weight excluding hydrogens is 302 g/mol. The number of halogens is 1. The second-order valence-electron chi connectivity index (χ2n) is 4.17. The Morgan fingerprint density at radius 1 is 1.61 bits per heavy atom. The largest absolute Gasteiger partial charge is 0.379 e. The topological polar surface area (TPSA) is 77.3 Å². The van der Waals surface area contributed by atoms with Crippen LogP contribution in [0.3, 0.4) is 0 Å². The van der Waals surface area contributed by atoms with Gasteiger partial charge in [0.15, 0.2) is 0 Å². The van der Waals surface area contributed by atoms with Gasteiger partial charge in [0.2, 0.25) is 5.82 Å². The minimum atomic E-state index is -0.463. The van der Waals surface area contributed by atoms with Crippen LogP contribution in [0.5, 0.6) is 0 Å². The van der Waals surface area contributed by atoms with Gasteiger partial charge in [-0.05, 0) is 21.8 Å². The summed E-state index contributed by atoms with van der Waals surface area (Å²) in [7, 11) is 0. The number of aromatic nitrogens is 1. The van der Waals surface area contributed by atoms with E-state index in [4.69, 9.17) is 4.74 Å². The van der Waals surface area contributed by atoms with Crippen LogP contribution in [0.2, 0.25) is 0 Å². The highest BCUT2D eigenvalue weighted by Gasteiger charge is 2.15. The fourth-order valence-electron chi connectivity index (χ4n) is 1.26. The maximum absolute atomic E-state index is 10.8. The van der Waals surface area contributed by atoms with E-state index in [1.807, 2.05) is 0 Å². The molecule has 0 amide bonds. The van der Waals surface area contributed by atoms with Crippen LogP contribution < -0.4 is 5.32 Å². The molecule has 0 aliphatic carbocycles. The third-order valence-electron chi connectivity index (χ3n) is 2.02. The number of hydrogen-bond acceptors (Lipinski definition) is 5. The molecule has 0 bridgehead atoms. The second kappa shape index (κ2) is 7.27. The minimum Gasteiger partial charge on any atom is -0.379 e. The van der Waals surface area contributed by atoms with E-state index in [1.165, 1.54) is 12.3 Å². The first kappa shape index (κ1) is 14.8. The van der Waals surface area contributed by atoms with Crippen molar-refractivity contribution in [2.75, 3.05) is 25.1 Å². The van der Waals surface area contributed by atoms with Gasteiger partial charge in [0, 0.05) is 29.9 Å². The van der Waals surface area contributed by atoms with Crippen molar-refractivity contribution < 1.29 is 9.66 Å². The van der Waals surface area contributed by atoms with Crippen LogP contribution in [0.15, 0.2) is 16.7 Å². The maximum atomic E-state index is 10.8. The summed E-state index contributed by atoms with van der Waals surface area (Å²) in [6, 6.07) is 1.42. The van der Waals surface area contributed by atoms with E-state index in [-0.39, 0.29) is 11.5 Å². The molecule has 7 heteroatoms. The van der Waals surface area contributed by atoms with E-state index in [9.17, 15) is 10.1 Å². The summed E-state index contributed by atoms with van der Waals surface area (Å²) in [6.45, 7) is 5.79. The summed E-state index contributed by atoms with van der Waals surface area (Å²) in [5.74, 6) is 0.737. The molecule has 0 fully saturated rings. The molecular formula is C11H16BrN3O3. The normalized spacial score (nSPS) is 10.7. The van der Waals surface area contributed by atoms with E-state index in [0.29, 0.717) is 30.1 Å². The third-order valence-corrected chi connectivity index (χ3v) is 2.45. The van der Waals surface area contributed by atoms with Crippen molar-refractivity contribution in [1.82, 2.24) is 4.98 Å². The standard InChI is InChI=1S/C11H16BrN3O3/c1-8(2)7-18-4-3-13-11-10(15(16)17)5-9(12)6-14-11/h5-6,8H,3-4,7H2,1-2H3,(H,13,14). The van der Waals surface area contributed by atoms with E-state index in [0.717, 1.165) is 0 Å². The van der Waals surface area contributed by atoms with E-state index in [1.54, 1.807) is 0 Å². The fourth-order valence-corrected chi connectivity index (χ4v) is 1.58. The number of anilines is 1. The Morgan fingerprint density at radius 3 is 2.94 bits per heavy atom. The lowest BCUT2D eigenvalue weighted by Gasteiger charge is -2.08. The lowest BCUT2D eigenvalue weighted by molar-refractivity contribution is -0.384. The zero-order chi connectivity index (χ0) is 13.5. The van der Waals surface area contributed by atoms with Crippen molar-refractivity contribution in [3.8, 4) is 0 Å². The van der Waals surface area contributed by atoms with Gasteiger partial charge in [0.25, 0.3) is 0 Å². The van der Waals surface area contributed by atoms with Gasteiger partial charge in [-0.15, -0.1) is 0 Å². The molecule has 100 valence electrons. The van der Waals surface area contributed by atoms with Crippen LogP contribution in [-0.2, 0) is 4.74 Å². The monoisotopic (exact) mass is 317 g/mol. The van der Waals surface area contributed by atoms with E-state index >= 15 is 0 Å². The van der Waals surface area contributed by atoms with Gasteiger partial charge < -0.3 is 10.1 Å². The zero-order valence-electron chi connectivity index (χ0n) is 10.4. The number of hydrogen-bond donors (Lipinski definition) is 1. The molecule has 0 aromatic carbocycles. The predicted octanol–water partition coefficient (Wildman–Crippen LogP) is 2.84. The molecule has 0 atom stereocenters. The minimum absolute atomic E-state index is 0.0479. The van der Waals surface area contributed by atoms with Gasteiger partial charge in [0.1, 0.15) is 0 Å². The van der Waals surface area contributed by atoms with Crippen LogP contribution >= 0.6 is 15.9 Å². The molecule has 1 rings (SSSR count). The average molecular weight is 318 g/mol. The summed E-state index contributed by atoms with van der Waals surface area (Å²) in [5, 5.41) is 13.7. The number of nitro groups is 1. The Hall–Kier alpha value is -1.21. The first-order valence-corrected chi connectivity index (χ1v) is 6.41. The summed E-state index contributed by atoms with van der Waals surface area (Å²) in [6.07, 6.45) is 1.52. The quantitative estimate of drug-likeness (QED) is 0.475. The summed E-state index contributed by atoms with van der Waals surface area (Å²) >= 11 is 3.15. The Labute approximate surface area is 114 Å². The average Bonchev–Trinajstić information content (AvgIpc) is 2.29. The van der Waals surface area contributed by atoms with Crippen LogP contribution in [0.1, 0.15) is 13.8 Å². The molecule has 6 nitrogen and oxygen atoms in total. The van der Waals surface area contributed by atoms with Gasteiger partial charge in [-0.2, -0.15) is 0 Å². The molecule has 1 aromatic rings. The van der Waals surface area contributed by atoms with Crippen molar-refractivity contribution in [3.63, 3.8) is 0 Å². The Bertz CT molecular complexity index is 413. The van der Waals surface area contributed by atoms with Gasteiger partial charge in [-0.1, -0.05) is 13.8 Å². The molecule has 0 spiro atoms. The van der Waals surface area contributed by atoms with Crippen LogP contribution in [0.4, 0.5) is 11.5 Å². The highest BCUT2D eigenvalue weighted by molar-refractivity contribution is 9.10. The lowest BCUT2D eigenvalue weighted by atomic mass is 10.2. The number of nitrogens with one attached hydrogen (secondary N) is 1. The predicted molar refractivity (Wildman–Crippen MR) is 72.7 cm³/mol. The molecule has 0 unspecified atom stereocenters. The Morgan fingerprint density at radius 2 is 2.33 bits per heavy atom. The third kappa shape index (κ3) is 4.97. The van der Waals surface area contributed by atoms with E-state index < -0.39 is 4.92 Å². The molecule has 0 saturated heterocycles. The van der Waals surface area contributed by atoms with Crippen molar-refractivity contribution >= 4 is 27.4 Å². The van der Waals surface area contributed by atoms with Gasteiger partial charge in [-0.25, -0.2) is 4.98 Å². The molecule has 1 aromatic heterocycles. The number of pyridine rings is 1. The lowest BCUT2D eigenvalue weighted by Crippen LogP contribution is -2.13.